The van der Waals surface area contributed by atoms with Gasteiger partial charge in [-0.2, -0.15) is 0 Å². The second-order valence-electron chi connectivity index (χ2n) is 4.21. The zero-order valence-corrected chi connectivity index (χ0v) is 10.9. The van der Waals surface area contributed by atoms with Crippen molar-refractivity contribution in [2.24, 2.45) is 0 Å². The summed E-state index contributed by atoms with van der Waals surface area (Å²) in [4.78, 5) is 24.4. The van der Waals surface area contributed by atoms with Gasteiger partial charge in [0.05, 0.1) is 0 Å². The number of carbonyl (C=O) groups excluding carboxylic acids is 1. The van der Waals surface area contributed by atoms with Crippen LogP contribution in [-0.2, 0) is 11.3 Å². The van der Waals surface area contributed by atoms with Gasteiger partial charge in [0.2, 0.25) is 0 Å². The first-order chi connectivity index (χ1) is 8.60. The zero-order valence-electron chi connectivity index (χ0n) is 10.9. The van der Waals surface area contributed by atoms with Crippen molar-refractivity contribution < 1.29 is 14.7 Å². The Morgan fingerprint density at radius 2 is 2.06 bits per heavy atom. The molecule has 0 fully saturated rings. The summed E-state index contributed by atoms with van der Waals surface area (Å²) in [6.07, 6.45) is 3.52. The van der Waals surface area contributed by atoms with Gasteiger partial charge in [0, 0.05) is 19.3 Å². The molecule has 0 saturated heterocycles. The monoisotopic (exact) mass is 252 g/mol. The predicted molar refractivity (Wildman–Crippen MR) is 68.6 cm³/mol. The van der Waals surface area contributed by atoms with E-state index < -0.39 is 5.97 Å². The molecule has 0 aliphatic rings. The van der Waals surface area contributed by atoms with Crippen molar-refractivity contribution in [2.75, 3.05) is 13.1 Å². The molecule has 1 rings (SSSR count). The molecule has 5 nitrogen and oxygen atoms in total. The molecule has 1 N–H and O–H groups in total. The summed E-state index contributed by atoms with van der Waals surface area (Å²) in [6.45, 7) is 4.94. The Balaban J connectivity index is 2.86. The smallest absolute Gasteiger partial charge is 0.323 e. The summed E-state index contributed by atoms with van der Waals surface area (Å²) in [7, 11) is 0. The first-order valence-electron chi connectivity index (χ1n) is 6.26. The maximum atomic E-state index is 12.3. The molecule has 1 amide bonds. The van der Waals surface area contributed by atoms with Crippen molar-refractivity contribution in [3.05, 3.63) is 24.0 Å². The largest absolute Gasteiger partial charge is 0.480 e. The normalized spacial score (nSPS) is 10.3. The molecule has 1 heterocycles. The van der Waals surface area contributed by atoms with Crippen LogP contribution in [0.2, 0.25) is 0 Å². The van der Waals surface area contributed by atoms with Gasteiger partial charge in [-0.05, 0) is 25.0 Å². The minimum atomic E-state index is -0.981. The number of aliphatic carboxylic acids is 1. The Bertz CT molecular complexity index is 412. The molecule has 0 spiro atoms. The third-order valence-electron chi connectivity index (χ3n) is 2.62. The fraction of sp³-hybridized carbons (Fsp3) is 0.538. The lowest BCUT2D eigenvalue weighted by molar-refractivity contribution is -0.137. The van der Waals surface area contributed by atoms with E-state index in [1.165, 1.54) is 4.90 Å². The molecule has 0 aromatic carbocycles. The molecule has 0 unspecified atom stereocenters. The Morgan fingerprint density at radius 3 is 2.61 bits per heavy atom. The predicted octanol–water partition coefficient (Wildman–Crippen LogP) is 1.83. The molecule has 5 heteroatoms. The van der Waals surface area contributed by atoms with Crippen LogP contribution in [0.1, 0.15) is 37.2 Å². The van der Waals surface area contributed by atoms with Gasteiger partial charge in [0.25, 0.3) is 5.91 Å². The second-order valence-corrected chi connectivity index (χ2v) is 4.21. The highest BCUT2D eigenvalue weighted by atomic mass is 16.4. The van der Waals surface area contributed by atoms with Crippen molar-refractivity contribution in [3.63, 3.8) is 0 Å². The van der Waals surface area contributed by atoms with Crippen LogP contribution in [0.3, 0.4) is 0 Å². The van der Waals surface area contributed by atoms with Gasteiger partial charge in [-0.1, -0.05) is 13.8 Å². The van der Waals surface area contributed by atoms with Crippen LogP contribution >= 0.6 is 0 Å². The summed E-state index contributed by atoms with van der Waals surface area (Å²) in [6, 6.07) is 3.55. The lowest BCUT2D eigenvalue weighted by Gasteiger charge is -2.20. The van der Waals surface area contributed by atoms with E-state index in [1.807, 2.05) is 30.7 Å². The van der Waals surface area contributed by atoms with Crippen molar-refractivity contribution in [1.82, 2.24) is 9.47 Å². The molecule has 1 aromatic heterocycles. The van der Waals surface area contributed by atoms with Gasteiger partial charge in [-0.3, -0.25) is 9.59 Å². The maximum Gasteiger partial charge on any atom is 0.323 e. The van der Waals surface area contributed by atoms with E-state index >= 15 is 0 Å². The quantitative estimate of drug-likeness (QED) is 0.805. The van der Waals surface area contributed by atoms with Gasteiger partial charge in [-0.25, -0.2) is 0 Å². The third-order valence-corrected chi connectivity index (χ3v) is 2.62. The fourth-order valence-electron chi connectivity index (χ4n) is 1.89. The Labute approximate surface area is 107 Å². The molecule has 0 atom stereocenters. The number of carbonyl (C=O) groups is 2. The van der Waals surface area contributed by atoms with Gasteiger partial charge in [0.1, 0.15) is 12.2 Å². The van der Waals surface area contributed by atoms with Gasteiger partial charge in [-0.15, -0.1) is 0 Å². The molecule has 0 radical (unpaired) electrons. The molecule has 0 aliphatic carbocycles. The van der Waals surface area contributed by atoms with E-state index in [2.05, 4.69) is 0 Å². The molecule has 100 valence electrons. The van der Waals surface area contributed by atoms with Crippen LogP contribution in [0.5, 0.6) is 0 Å². The van der Waals surface area contributed by atoms with E-state index in [0.717, 1.165) is 19.4 Å². The Morgan fingerprint density at radius 1 is 1.33 bits per heavy atom. The molecule has 1 aromatic rings. The van der Waals surface area contributed by atoms with Crippen molar-refractivity contribution >= 4 is 11.9 Å². The Kier molecular flexibility index (Phi) is 5.42. The van der Waals surface area contributed by atoms with Crippen LogP contribution in [0.25, 0.3) is 0 Å². The SMILES string of the molecule is CCCN(CC(=O)O)C(=O)c1cccn1CCC. The van der Waals surface area contributed by atoms with Gasteiger partial charge in [0.15, 0.2) is 0 Å². The topological polar surface area (TPSA) is 62.5 Å². The summed E-state index contributed by atoms with van der Waals surface area (Å²) in [5.74, 6) is -1.19. The lowest BCUT2D eigenvalue weighted by atomic mass is 10.3. The minimum absolute atomic E-state index is 0.210. The van der Waals surface area contributed by atoms with E-state index in [0.29, 0.717) is 12.2 Å². The van der Waals surface area contributed by atoms with Crippen LogP contribution in [0.4, 0.5) is 0 Å². The standard InChI is InChI=1S/C13H20N2O3/c1-3-7-14-9-5-6-11(14)13(18)15(8-4-2)10-12(16)17/h5-6,9H,3-4,7-8,10H2,1-2H3,(H,16,17). The molecule has 18 heavy (non-hydrogen) atoms. The molecular formula is C13H20N2O3. The average molecular weight is 252 g/mol. The van der Waals surface area contributed by atoms with Crippen LogP contribution in [-0.4, -0.2) is 39.5 Å². The number of hydrogen-bond donors (Lipinski definition) is 1. The fourth-order valence-corrected chi connectivity index (χ4v) is 1.89. The number of rotatable bonds is 7. The van der Waals surface area contributed by atoms with E-state index in [-0.39, 0.29) is 12.5 Å². The van der Waals surface area contributed by atoms with E-state index in [9.17, 15) is 9.59 Å². The first-order valence-corrected chi connectivity index (χ1v) is 6.26. The van der Waals surface area contributed by atoms with Crippen LogP contribution in [0, 0.1) is 0 Å². The molecule has 0 aliphatic heterocycles. The summed E-state index contributed by atoms with van der Waals surface area (Å²) in [5.41, 5.74) is 0.562. The first kappa shape index (κ1) is 14.3. The molecular weight excluding hydrogens is 232 g/mol. The number of nitrogens with zero attached hydrogens (tertiary/aromatic N) is 2. The summed E-state index contributed by atoms with van der Waals surface area (Å²) in [5, 5.41) is 8.83. The molecule has 0 saturated carbocycles. The molecule has 0 bridgehead atoms. The van der Waals surface area contributed by atoms with Crippen molar-refractivity contribution in [1.29, 1.82) is 0 Å². The number of carboxylic acid groups (broad SMARTS) is 1. The highest BCUT2D eigenvalue weighted by molar-refractivity contribution is 5.94. The second kappa shape index (κ2) is 6.83. The lowest BCUT2D eigenvalue weighted by Crippen LogP contribution is -2.37. The summed E-state index contributed by atoms with van der Waals surface area (Å²) >= 11 is 0. The van der Waals surface area contributed by atoms with E-state index in [1.54, 1.807) is 6.07 Å². The number of amides is 1. The number of aromatic nitrogens is 1. The summed E-state index contributed by atoms with van der Waals surface area (Å²) < 4.78 is 1.87. The van der Waals surface area contributed by atoms with Gasteiger partial charge >= 0.3 is 5.97 Å². The van der Waals surface area contributed by atoms with E-state index in [4.69, 9.17) is 5.11 Å². The Hall–Kier alpha value is -1.78. The highest BCUT2D eigenvalue weighted by Gasteiger charge is 2.20. The number of aryl methyl sites for hydroxylation is 1. The van der Waals surface area contributed by atoms with Gasteiger partial charge < -0.3 is 14.6 Å². The van der Waals surface area contributed by atoms with Crippen LogP contribution < -0.4 is 0 Å². The highest BCUT2D eigenvalue weighted by Crippen LogP contribution is 2.08. The zero-order chi connectivity index (χ0) is 13.5. The third kappa shape index (κ3) is 3.61. The van der Waals surface area contributed by atoms with Crippen molar-refractivity contribution in [2.45, 2.75) is 33.2 Å². The average Bonchev–Trinajstić information content (AvgIpc) is 2.76. The number of carboxylic acids is 1. The minimum Gasteiger partial charge on any atom is -0.480 e. The number of hydrogen-bond acceptors (Lipinski definition) is 2. The van der Waals surface area contributed by atoms with Crippen LogP contribution in [0.15, 0.2) is 18.3 Å². The maximum absolute atomic E-state index is 12.3. The van der Waals surface area contributed by atoms with Crippen molar-refractivity contribution in [3.8, 4) is 0 Å².